The summed E-state index contributed by atoms with van der Waals surface area (Å²) in [6.45, 7) is 10.6. The summed E-state index contributed by atoms with van der Waals surface area (Å²) >= 11 is 0. The number of amides is 1. The first-order valence-electron chi connectivity index (χ1n) is 5.75. The number of aliphatic hydroxyl groups excluding tert-OH is 1. The van der Waals surface area contributed by atoms with Crippen LogP contribution in [0.15, 0.2) is 0 Å². The molecule has 0 saturated heterocycles. The third-order valence-electron chi connectivity index (χ3n) is 2.36. The lowest BCUT2D eigenvalue weighted by atomic mass is 9.76. The molecule has 0 aliphatic rings. The summed E-state index contributed by atoms with van der Waals surface area (Å²) in [6.07, 6.45) is 0.138. The van der Waals surface area contributed by atoms with Gasteiger partial charge in [0.1, 0.15) is 0 Å². The molecular weight excluding hydrogens is 204 g/mol. The average molecular weight is 230 g/mol. The van der Waals surface area contributed by atoms with Gasteiger partial charge in [-0.2, -0.15) is 0 Å². The maximum atomic E-state index is 11.9. The lowest BCUT2D eigenvalue weighted by Crippen LogP contribution is -2.43. The molecule has 0 radical (unpaired) electrons. The second-order valence-electron chi connectivity index (χ2n) is 6.22. The molecule has 1 amide bonds. The standard InChI is InChI=1S/C12H26N2O2/c1-11(2,3)8-12(4,5)10(16)14-7-9(15)6-13/h9,15H,6-8,13H2,1-5H3,(H,14,16). The summed E-state index contributed by atoms with van der Waals surface area (Å²) in [5.41, 5.74) is 4.95. The van der Waals surface area contributed by atoms with Crippen LogP contribution < -0.4 is 11.1 Å². The molecule has 0 fully saturated rings. The van der Waals surface area contributed by atoms with Crippen LogP contribution in [0.25, 0.3) is 0 Å². The number of nitrogens with two attached hydrogens (primary N) is 1. The molecule has 0 aromatic heterocycles. The molecule has 0 saturated carbocycles. The SMILES string of the molecule is CC(C)(C)CC(C)(C)C(=O)NCC(O)CN. The zero-order valence-electron chi connectivity index (χ0n) is 11.1. The Bertz CT molecular complexity index is 232. The minimum Gasteiger partial charge on any atom is -0.390 e. The van der Waals surface area contributed by atoms with Crippen molar-refractivity contribution in [2.45, 2.75) is 47.1 Å². The van der Waals surface area contributed by atoms with Gasteiger partial charge in [0.2, 0.25) is 5.91 Å². The van der Waals surface area contributed by atoms with Crippen molar-refractivity contribution in [1.82, 2.24) is 5.32 Å². The van der Waals surface area contributed by atoms with Crippen LogP contribution in [0.2, 0.25) is 0 Å². The smallest absolute Gasteiger partial charge is 0.225 e. The van der Waals surface area contributed by atoms with Crippen LogP contribution in [0.5, 0.6) is 0 Å². The van der Waals surface area contributed by atoms with Crippen LogP contribution in [0.3, 0.4) is 0 Å². The highest BCUT2D eigenvalue weighted by atomic mass is 16.3. The highest BCUT2D eigenvalue weighted by Gasteiger charge is 2.32. The minimum absolute atomic E-state index is 0.0325. The monoisotopic (exact) mass is 230 g/mol. The largest absolute Gasteiger partial charge is 0.390 e. The third kappa shape index (κ3) is 6.08. The van der Waals surface area contributed by atoms with Crippen LogP contribution in [0.4, 0.5) is 0 Å². The van der Waals surface area contributed by atoms with Crippen LogP contribution in [0.1, 0.15) is 41.0 Å². The van der Waals surface area contributed by atoms with Gasteiger partial charge in [-0.1, -0.05) is 34.6 Å². The van der Waals surface area contributed by atoms with Crippen molar-refractivity contribution in [3.63, 3.8) is 0 Å². The first-order valence-corrected chi connectivity index (χ1v) is 5.75. The van der Waals surface area contributed by atoms with Crippen LogP contribution in [-0.2, 0) is 4.79 Å². The lowest BCUT2D eigenvalue weighted by Gasteiger charge is -2.31. The van der Waals surface area contributed by atoms with E-state index in [1.165, 1.54) is 0 Å². The number of rotatable bonds is 5. The Morgan fingerprint density at radius 3 is 2.19 bits per heavy atom. The van der Waals surface area contributed by atoms with E-state index in [1.807, 2.05) is 13.8 Å². The summed E-state index contributed by atoms with van der Waals surface area (Å²) < 4.78 is 0. The number of carbonyl (C=O) groups is 1. The van der Waals surface area contributed by atoms with Crippen molar-refractivity contribution in [3.05, 3.63) is 0 Å². The van der Waals surface area contributed by atoms with Crippen molar-refractivity contribution in [3.8, 4) is 0 Å². The molecule has 1 unspecified atom stereocenters. The Hall–Kier alpha value is -0.610. The van der Waals surface area contributed by atoms with Crippen LogP contribution in [0, 0.1) is 10.8 Å². The van der Waals surface area contributed by atoms with E-state index in [0.29, 0.717) is 0 Å². The van der Waals surface area contributed by atoms with Gasteiger partial charge in [0, 0.05) is 18.5 Å². The molecule has 4 N–H and O–H groups in total. The van der Waals surface area contributed by atoms with Crippen molar-refractivity contribution < 1.29 is 9.90 Å². The zero-order valence-corrected chi connectivity index (χ0v) is 11.1. The molecule has 0 bridgehead atoms. The van der Waals surface area contributed by atoms with Gasteiger partial charge < -0.3 is 16.2 Å². The normalized spacial score (nSPS) is 14.7. The Morgan fingerprint density at radius 2 is 1.81 bits per heavy atom. The van der Waals surface area contributed by atoms with Gasteiger partial charge in [-0.25, -0.2) is 0 Å². The predicted octanol–water partition coefficient (Wildman–Crippen LogP) is 0.885. The molecule has 0 spiro atoms. The molecular formula is C12H26N2O2. The first kappa shape index (κ1) is 15.4. The maximum Gasteiger partial charge on any atom is 0.225 e. The van der Waals surface area contributed by atoms with Gasteiger partial charge in [-0.05, 0) is 11.8 Å². The van der Waals surface area contributed by atoms with E-state index in [-0.39, 0.29) is 24.4 Å². The molecule has 96 valence electrons. The summed E-state index contributed by atoms with van der Waals surface area (Å²) in [5.74, 6) is -0.0325. The van der Waals surface area contributed by atoms with Crippen molar-refractivity contribution >= 4 is 5.91 Å². The fourth-order valence-electron chi connectivity index (χ4n) is 1.94. The number of hydrogen-bond donors (Lipinski definition) is 3. The fourth-order valence-corrected chi connectivity index (χ4v) is 1.94. The Kier molecular flexibility index (Phi) is 5.42. The number of aliphatic hydroxyl groups is 1. The van der Waals surface area contributed by atoms with Gasteiger partial charge in [0.25, 0.3) is 0 Å². The highest BCUT2D eigenvalue weighted by molar-refractivity contribution is 5.81. The predicted molar refractivity (Wildman–Crippen MR) is 65.9 cm³/mol. The summed E-state index contributed by atoms with van der Waals surface area (Å²) in [6, 6.07) is 0. The number of hydrogen-bond acceptors (Lipinski definition) is 3. The molecule has 0 aliphatic carbocycles. The quantitative estimate of drug-likeness (QED) is 0.656. The highest BCUT2D eigenvalue weighted by Crippen LogP contribution is 2.33. The molecule has 0 aliphatic heterocycles. The molecule has 1 atom stereocenters. The molecule has 0 rings (SSSR count). The average Bonchev–Trinajstić information content (AvgIpc) is 2.09. The molecule has 16 heavy (non-hydrogen) atoms. The topological polar surface area (TPSA) is 75.3 Å². The minimum atomic E-state index is -0.658. The Morgan fingerprint density at radius 1 is 1.31 bits per heavy atom. The van der Waals surface area contributed by atoms with E-state index in [2.05, 4.69) is 26.1 Å². The third-order valence-corrected chi connectivity index (χ3v) is 2.36. The van der Waals surface area contributed by atoms with E-state index in [9.17, 15) is 9.90 Å². The van der Waals surface area contributed by atoms with Gasteiger partial charge >= 0.3 is 0 Å². The first-order chi connectivity index (χ1) is 7.08. The number of nitrogens with one attached hydrogen (secondary N) is 1. The van der Waals surface area contributed by atoms with Gasteiger partial charge in [0.15, 0.2) is 0 Å². The molecule has 0 aromatic rings. The second kappa shape index (κ2) is 5.64. The van der Waals surface area contributed by atoms with Gasteiger partial charge in [0.05, 0.1) is 6.10 Å². The molecule has 4 heteroatoms. The van der Waals surface area contributed by atoms with Crippen molar-refractivity contribution in [1.29, 1.82) is 0 Å². The molecule has 0 aromatic carbocycles. The summed E-state index contributed by atoms with van der Waals surface area (Å²) in [4.78, 5) is 11.9. The second-order valence-corrected chi connectivity index (χ2v) is 6.22. The molecule has 4 nitrogen and oxygen atoms in total. The Balaban J connectivity index is 4.25. The van der Waals surface area contributed by atoms with Crippen LogP contribution in [-0.4, -0.2) is 30.2 Å². The van der Waals surface area contributed by atoms with E-state index in [4.69, 9.17) is 5.73 Å². The van der Waals surface area contributed by atoms with E-state index in [0.717, 1.165) is 6.42 Å². The molecule has 0 heterocycles. The van der Waals surface area contributed by atoms with E-state index in [1.54, 1.807) is 0 Å². The van der Waals surface area contributed by atoms with Gasteiger partial charge in [-0.15, -0.1) is 0 Å². The summed E-state index contributed by atoms with van der Waals surface area (Å²) in [5, 5.41) is 12.0. The van der Waals surface area contributed by atoms with E-state index >= 15 is 0 Å². The lowest BCUT2D eigenvalue weighted by molar-refractivity contribution is -0.131. The number of carbonyl (C=O) groups excluding carboxylic acids is 1. The van der Waals surface area contributed by atoms with E-state index < -0.39 is 11.5 Å². The Labute approximate surface area is 98.6 Å². The van der Waals surface area contributed by atoms with Crippen molar-refractivity contribution in [2.24, 2.45) is 16.6 Å². The fraction of sp³-hybridized carbons (Fsp3) is 0.917. The van der Waals surface area contributed by atoms with Crippen molar-refractivity contribution in [2.75, 3.05) is 13.1 Å². The maximum absolute atomic E-state index is 11.9. The van der Waals surface area contributed by atoms with Crippen LogP contribution >= 0.6 is 0 Å². The summed E-state index contributed by atoms with van der Waals surface area (Å²) in [7, 11) is 0. The van der Waals surface area contributed by atoms with Gasteiger partial charge in [-0.3, -0.25) is 4.79 Å². The zero-order chi connectivity index (χ0) is 13.0.